The molecule has 4 rings (SSSR count). The summed E-state index contributed by atoms with van der Waals surface area (Å²) in [7, 11) is 0. The summed E-state index contributed by atoms with van der Waals surface area (Å²) in [6, 6.07) is 15.8. The molecule has 0 radical (unpaired) electrons. The zero-order chi connectivity index (χ0) is 20.4. The lowest BCUT2D eigenvalue weighted by Gasteiger charge is -2.11. The number of alkyl halides is 3. The third kappa shape index (κ3) is 4.23. The zero-order valence-electron chi connectivity index (χ0n) is 15.4. The number of aromatic nitrogens is 1. The Bertz CT molecular complexity index is 1060. The summed E-state index contributed by atoms with van der Waals surface area (Å²) in [5.41, 5.74) is 2.92. The summed E-state index contributed by atoms with van der Waals surface area (Å²) in [6.07, 6.45) is -3.37. The Morgan fingerprint density at radius 3 is 2.69 bits per heavy atom. The smallest absolute Gasteiger partial charge is 0.384 e. The molecule has 3 aromatic rings. The van der Waals surface area contributed by atoms with Gasteiger partial charge < -0.3 is 10.6 Å². The van der Waals surface area contributed by atoms with E-state index in [2.05, 4.69) is 15.6 Å². The Kier molecular flexibility index (Phi) is 4.96. The minimum Gasteiger partial charge on any atom is -0.384 e. The quantitative estimate of drug-likeness (QED) is 0.658. The van der Waals surface area contributed by atoms with Crippen LogP contribution in [-0.2, 0) is 19.0 Å². The van der Waals surface area contributed by atoms with Crippen molar-refractivity contribution in [2.24, 2.45) is 0 Å². The largest absolute Gasteiger partial charge is 0.416 e. The maximum absolute atomic E-state index is 12.9. The maximum Gasteiger partial charge on any atom is 0.416 e. The van der Waals surface area contributed by atoms with E-state index in [-0.39, 0.29) is 12.3 Å². The number of nitrogens with zero attached hydrogens (tertiary/aromatic N) is 1. The number of hydrogen-bond acceptors (Lipinski definition) is 3. The van der Waals surface area contributed by atoms with Crippen molar-refractivity contribution in [3.63, 3.8) is 0 Å². The van der Waals surface area contributed by atoms with Gasteiger partial charge in [-0.3, -0.25) is 4.79 Å². The third-order valence-electron chi connectivity index (χ3n) is 4.80. The van der Waals surface area contributed by atoms with Gasteiger partial charge in [0, 0.05) is 29.9 Å². The molecule has 2 N–H and O–H groups in total. The van der Waals surface area contributed by atoms with Crippen LogP contribution in [0, 0.1) is 0 Å². The van der Waals surface area contributed by atoms with Gasteiger partial charge in [-0.15, -0.1) is 0 Å². The molecule has 0 fully saturated rings. The van der Waals surface area contributed by atoms with Gasteiger partial charge in [-0.05, 0) is 47.9 Å². The van der Waals surface area contributed by atoms with Crippen LogP contribution in [0.15, 0.2) is 60.7 Å². The van der Waals surface area contributed by atoms with Gasteiger partial charge in [-0.1, -0.05) is 30.3 Å². The van der Waals surface area contributed by atoms with Crippen molar-refractivity contribution in [2.45, 2.75) is 19.0 Å². The van der Waals surface area contributed by atoms with Gasteiger partial charge in [0.25, 0.3) is 5.91 Å². The summed E-state index contributed by atoms with van der Waals surface area (Å²) < 4.78 is 38.7. The van der Waals surface area contributed by atoms with E-state index in [1.807, 2.05) is 12.1 Å². The molecule has 2 aromatic carbocycles. The van der Waals surface area contributed by atoms with Crippen molar-refractivity contribution < 1.29 is 18.0 Å². The minimum atomic E-state index is -4.38. The van der Waals surface area contributed by atoms with E-state index in [1.54, 1.807) is 30.3 Å². The molecule has 0 spiro atoms. The topological polar surface area (TPSA) is 54.0 Å². The number of rotatable bonds is 4. The molecule has 1 amide bonds. The number of carbonyl (C=O) groups is 1. The zero-order valence-corrected chi connectivity index (χ0v) is 15.4. The van der Waals surface area contributed by atoms with Gasteiger partial charge in [0.2, 0.25) is 0 Å². The summed E-state index contributed by atoms with van der Waals surface area (Å²) >= 11 is 0. The molecule has 0 aliphatic carbocycles. The number of halogens is 3. The highest BCUT2D eigenvalue weighted by molar-refractivity contribution is 6.06. The molecule has 7 heteroatoms. The maximum atomic E-state index is 12.9. The van der Waals surface area contributed by atoms with Crippen molar-refractivity contribution in [3.05, 3.63) is 88.6 Å². The van der Waals surface area contributed by atoms with Crippen LogP contribution in [-0.4, -0.2) is 17.4 Å². The molecule has 0 unspecified atom stereocenters. The summed E-state index contributed by atoms with van der Waals surface area (Å²) in [5.74, 6) is 0.109. The number of benzene rings is 2. The number of fused-ring (bicyclic) bond motifs is 1. The fourth-order valence-corrected chi connectivity index (χ4v) is 3.45. The van der Waals surface area contributed by atoms with Crippen molar-refractivity contribution in [3.8, 4) is 0 Å². The number of hydrogen-bond donors (Lipinski definition) is 2. The molecular formula is C22H18F3N3O. The minimum absolute atomic E-state index is 0.234. The molecule has 4 nitrogen and oxygen atoms in total. The predicted octanol–water partition coefficient (Wildman–Crippen LogP) is 4.91. The number of pyridine rings is 1. The average molecular weight is 397 g/mol. The van der Waals surface area contributed by atoms with E-state index >= 15 is 0 Å². The molecule has 1 aliphatic heterocycles. The highest BCUT2D eigenvalue weighted by Gasteiger charge is 2.30. The van der Waals surface area contributed by atoms with E-state index < -0.39 is 11.7 Å². The molecule has 1 aliphatic rings. The van der Waals surface area contributed by atoms with Crippen LogP contribution in [0.25, 0.3) is 0 Å². The fraction of sp³-hybridized carbons (Fsp3) is 0.182. The fourth-order valence-electron chi connectivity index (χ4n) is 3.45. The van der Waals surface area contributed by atoms with Crippen molar-refractivity contribution >= 4 is 17.4 Å². The Labute approximate surface area is 165 Å². The van der Waals surface area contributed by atoms with Crippen molar-refractivity contribution in [2.75, 3.05) is 17.2 Å². The van der Waals surface area contributed by atoms with Gasteiger partial charge in [-0.2, -0.15) is 13.2 Å². The molecule has 29 heavy (non-hydrogen) atoms. The Morgan fingerprint density at radius 2 is 1.86 bits per heavy atom. The molecule has 0 bridgehead atoms. The van der Waals surface area contributed by atoms with Crippen LogP contribution in [0.5, 0.6) is 0 Å². The molecule has 2 heterocycles. The lowest BCUT2D eigenvalue weighted by Crippen LogP contribution is -2.15. The highest BCUT2D eigenvalue weighted by atomic mass is 19.4. The molecule has 0 atom stereocenters. The van der Waals surface area contributed by atoms with Crippen LogP contribution >= 0.6 is 0 Å². The van der Waals surface area contributed by atoms with Gasteiger partial charge in [0.15, 0.2) is 0 Å². The number of amides is 1. The van der Waals surface area contributed by atoms with Gasteiger partial charge in [-0.25, -0.2) is 4.98 Å². The highest BCUT2D eigenvalue weighted by Crippen LogP contribution is 2.30. The first-order valence-electron chi connectivity index (χ1n) is 9.19. The van der Waals surface area contributed by atoms with Crippen LogP contribution in [0.1, 0.15) is 32.7 Å². The second kappa shape index (κ2) is 7.58. The second-order valence-corrected chi connectivity index (χ2v) is 6.85. The van der Waals surface area contributed by atoms with Crippen LogP contribution in [0.3, 0.4) is 0 Å². The first kappa shape index (κ1) is 19.0. The van der Waals surface area contributed by atoms with Gasteiger partial charge in [0.05, 0.1) is 5.56 Å². The summed E-state index contributed by atoms with van der Waals surface area (Å²) in [6.45, 7) is 0.796. The van der Waals surface area contributed by atoms with E-state index in [0.717, 1.165) is 36.3 Å². The van der Waals surface area contributed by atoms with Crippen LogP contribution in [0.4, 0.5) is 24.7 Å². The van der Waals surface area contributed by atoms with Gasteiger partial charge in [0.1, 0.15) is 5.82 Å². The number of carbonyl (C=O) groups excluding carboxylic acids is 1. The monoisotopic (exact) mass is 397 g/mol. The van der Waals surface area contributed by atoms with Crippen molar-refractivity contribution in [1.29, 1.82) is 0 Å². The third-order valence-corrected chi connectivity index (χ3v) is 4.80. The molecule has 0 saturated carbocycles. The number of nitrogens with one attached hydrogen (secondary N) is 2. The molecule has 1 aromatic heterocycles. The number of anilines is 2. The molecular weight excluding hydrogens is 379 g/mol. The van der Waals surface area contributed by atoms with Crippen molar-refractivity contribution in [1.82, 2.24) is 4.98 Å². The van der Waals surface area contributed by atoms with E-state index in [0.29, 0.717) is 22.6 Å². The first-order valence-corrected chi connectivity index (χ1v) is 9.19. The second-order valence-electron chi connectivity index (χ2n) is 6.85. The molecule has 148 valence electrons. The Morgan fingerprint density at radius 1 is 1.07 bits per heavy atom. The average Bonchev–Trinajstić information content (AvgIpc) is 3.16. The van der Waals surface area contributed by atoms with E-state index in [4.69, 9.17) is 0 Å². The first-order chi connectivity index (χ1) is 13.9. The Hall–Kier alpha value is -3.35. The SMILES string of the molecule is O=C(Nc1cccc(Cc2cccc(C(F)(F)F)c2)n1)c1cccc2c1CCN2. The molecule has 0 saturated heterocycles. The van der Waals surface area contributed by atoms with Crippen LogP contribution in [0.2, 0.25) is 0 Å². The normalized spacial score (nSPS) is 12.9. The van der Waals surface area contributed by atoms with Crippen LogP contribution < -0.4 is 10.6 Å². The lowest BCUT2D eigenvalue weighted by atomic mass is 10.0. The lowest BCUT2D eigenvalue weighted by molar-refractivity contribution is -0.137. The van der Waals surface area contributed by atoms with E-state index in [1.165, 1.54) is 6.07 Å². The van der Waals surface area contributed by atoms with Gasteiger partial charge >= 0.3 is 6.18 Å². The van der Waals surface area contributed by atoms with E-state index in [9.17, 15) is 18.0 Å². The standard InChI is InChI=1S/C22H18F3N3O/c23-22(24,25)15-5-1-4-14(12-15)13-16-6-2-9-20(27-16)28-21(29)18-7-3-8-19-17(18)10-11-26-19/h1-9,12,26H,10-11,13H2,(H,27,28,29). The summed E-state index contributed by atoms with van der Waals surface area (Å²) in [4.78, 5) is 17.1. The predicted molar refractivity (Wildman–Crippen MR) is 105 cm³/mol. The Balaban J connectivity index is 1.51. The summed E-state index contributed by atoms with van der Waals surface area (Å²) in [5, 5.41) is 6.03.